The molecule has 0 saturated heterocycles. The number of benzene rings is 3. The average molecular weight is 499 g/mol. The Morgan fingerprint density at radius 3 is 2.58 bits per heavy atom. The molecule has 0 radical (unpaired) electrons. The van der Waals surface area contributed by atoms with Crippen LogP contribution in [0.3, 0.4) is 0 Å². The first-order chi connectivity index (χ1) is 17.5. The lowest BCUT2D eigenvalue weighted by Gasteiger charge is -2.15. The molecule has 36 heavy (non-hydrogen) atoms. The van der Waals surface area contributed by atoms with E-state index in [1.807, 2.05) is 66.0 Å². The van der Waals surface area contributed by atoms with Crippen LogP contribution in [0.15, 0.2) is 78.2 Å². The number of carbonyl (C=O) groups excluding carboxylic acids is 1. The van der Waals surface area contributed by atoms with Crippen molar-refractivity contribution in [1.29, 1.82) is 0 Å². The fourth-order valence-corrected chi connectivity index (χ4v) is 4.69. The number of carbonyl (C=O) groups is 1. The zero-order chi connectivity index (χ0) is 25.1. The number of H-pyrrole nitrogens is 1. The average Bonchev–Trinajstić information content (AvgIpc) is 3.62. The number of ether oxygens (including phenoxy) is 1. The first-order valence-electron chi connectivity index (χ1n) is 11.2. The van der Waals surface area contributed by atoms with Crippen LogP contribution in [-0.2, 0) is 6.61 Å². The van der Waals surface area contributed by atoms with E-state index < -0.39 is 6.10 Å². The number of aliphatic hydroxyl groups is 1. The van der Waals surface area contributed by atoms with Crippen LogP contribution >= 0.6 is 11.3 Å². The smallest absolute Gasteiger partial charge is 0.204 e. The van der Waals surface area contributed by atoms with Gasteiger partial charge in [0.25, 0.3) is 0 Å². The van der Waals surface area contributed by atoms with E-state index >= 15 is 0 Å². The maximum absolute atomic E-state index is 11.9. The molecule has 180 valence electrons. The summed E-state index contributed by atoms with van der Waals surface area (Å²) in [5.74, 6) is 0.654. The van der Waals surface area contributed by atoms with Gasteiger partial charge < -0.3 is 14.9 Å². The van der Waals surface area contributed by atoms with Crippen molar-refractivity contribution in [1.82, 2.24) is 20.6 Å². The van der Waals surface area contributed by atoms with Crippen molar-refractivity contribution in [3.63, 3.8) is 0 Å². The highest BCUT2D eigenvalue weighted by atomic mass is 32.1. The minimum absolute atomic E-state index is 0.0797. The van der Waals surface area contributed by atoms with E-state index in [-0.39, 0.29) is 23.7 Å². The van der Waals surface area contributed by atoms with Crippen LogP contribution in [0.4, 0.5) is 0 Å². The lowest BCUT2D eigenvalue weighted by Crippen LogP contribution is -2.02. The number of nitrogens with zero attached hydrogens (tertiary/aromatic N) is 3. The molecule has 9 heteroatoms. The molecule has 0 fully saturated rings. The van der Waals surface area contributed by atoms with Gasteiger partial charge >= 0.3 is 0 Å². The zero-order valence-electron chi connectivity index (χ0n) is 19.3. The normalized spacial score (nSPS) is 11.8. The van der Waals surface area contributed by atoms with Crippen LogP contribution in [0, 0.1) is 0 Å². The predicted molar refractivity (Wildman–Crippen MR) is 136 cm³/mol. The van der Waals surface area contributed by atoms with Crippen molar-refractivity contribution >= 4 is 17.1 Å². The Kier molecular flexibility index (Phi) is 6.57. The Labute approximate surface area is 210 Å². The van der Waals surface area contributed by atoms with Crippen molar-refractivity contribution in [2.24, 2.45) is 0 Å². The van der Waals surface area contributed by atoms with Gasteiger partial charge in [-0.25, -0.2) is 0 Å². The number of phenols is 1. The number of aromatic hydroxyl groups is 1. The van der Waals surface area contributed by atoms with E-state index in [0.29, 0.717) is 22.7 Å². The van der Waals surface area contributed by atoms with Crippen LogP contribution in [0.1, 0.15) is 40.1 Å². The minimum atomic E-state index is -0.826. The van der Waals surface area contributed by atoms with Crippen molar-refractivity contribution < 1.29 is 19.7 Å². The molecule has 3 aromatic carbocycles. The monoisotopic (exact) mass is 498 g/mol. The molecule has 0 saturated carbocycles. The number of thiophene rings is 1. The number of hydrogen-bond acceptors (Lipinski definition) is 8. The van der Waals surface area contributed by atoms with Crippen molar-refractivity contribution in [3.8, 4) is 33.3 Å². The number of tetrazole rings is 1. The molecule has 8 nitrogen and oxygen atoms in total. The van der Waals surface area contributed by atoms with Gasteiger partial charge in [0, 0.05) is 10.4 Å². The van der Waals surface area contributed by atoms with Crippen LogP contribution in [0.25, 0.3) is 21.8 Å². The summed E-state index contributed by atoms with van der Waals surface area (Å²) in [6.45, 7) is 1.67. The third-order valence-electron chi connectivity index (χ3n) is 5.78. The second-order valence-electron chi connectivity index (χ2n) is 8.16. The lowest BCUT2D eigenvalue weighted by molar-refractivity contribution is 0.101. The fourth-order valence-electron chi connectivity index (χ4n) is 3.92. The van der Waals surface area contributed by atoms with Crippen LogP contribution in [0.5, 0.6) is 11.5 Å². The van der Waals surface area contributed by atoms with Gasteiger partial charge in [0.05, 0.1) is 11.1 Å². The Bertz CT molecular complexity index is 1480. The molecule has 0 amide bonds. The molecular formula is C27H22N4O4S. The first kappa shape index (κ1) is 23.4. The summed E-state index contributed by atoms with van der Waals surface area (Å²) >= 11 is 1.46. The van der Waals surface area contributed by atoms with Gasteiger partial charge in [0.1, 0.15) is 24.2 Å². The van der Waals surface area contributed by atoms with Gasteiger partial charge in [-0.15, -0.1) is 21.5 Å². The maximum Gasteiger partial charge on any atom is 0.204 e. The van der Waals surface area contributed by atoms with E-state index in [2.05, 4.69) is 20.6 Å². The Hall–Kier alpha value is -4.34. The quantitative estimate of drug-likeness (QED) is 0.253. The first-order valence-corrected chi connectivity index (χ1v) is 12.0. The summed E-state index contributed by atoms with van der Waals surface area (Å²) in [5.41, 5.74) is 3.85. The molecule has 0 bridgehead atoms. The molecule has 1 unspecified atom stereocenters. The van der Waals surface area contributed by atoms with E-state index in [0.717, 1.165) is 21.6 Å². The van der Waals surface area contributed by atoms with Crippen molar-refractivity contribution in [3.05, 3.63) is 100 Å². The summed E-state index contributed by atoms with van der Waals surface area (Å²) in [4.78, 5) is 12.7. The van der Waals surface area contributed by atoms with Crippen LogP contribution in [-0.4, -0.2) is 36.6 Å². The third kappa shape index (κ3) is 4.74. The highest BCUT2D eigenvalue weighted by Crippen LogP contribution is 2.42. The highest BCUT2D eigenvalue weighted by Gasteiger charge is 2.19. The Balaban J connectivity index is 1.33. The second-order valence-corrected chi connectivity index (χ2v) is 9.11. The summed E-state index contributed by atoms with van der Waals surface area (Å²) < 4.78 is 6.05. The standard InChI is InChI=1S/C27H22N4O4S/c1-16(32)21-11-12-22(24(26(21)34)23-6-3-13-36-23)35-15-17-7-9-18(10-8-17)25(33)19-4-2-5-20(14-19)27-28-30-31-29-27/h2-14,25,33-34H,15H2,1H3,(H,28,29,30,31). The third-order valence-corrected chi connectivity index (χ3v) is 6.67. The zero-order valence-corrected chi connectivity index (χ0v) is 20.1. The van der Waals surface area contributed by atoms with E-state index in [1.54, 1.807) is 12.1 Å². The maximum atomic E-state index is 11.9. The van der Waals surface area contributed by atoms with Crippen LogP contribution < -0.4 is 4.74 Å². The summed E-state index contributed by atoms with van der Waals surface area (Å²) in [6, 6.07) is 21.9. The highest BCUT2D eigenvalue weighted by molar-refractivity contribution is 7.13. The van der Waals surface area contributed by atoms with Gasteiger partial charge in [0.15, 0.2) is 5.78 Å². The Morgan fingerprint density at radius 1 is 1.06 bits per heavy atom. The molecule has 0 aliphatic carbocycles. The minimum Gasteiger partial charge on any atom is -0.506 e. The topological polar surface area (TPSA) is 121 Å². The molecule has 0 spiro atoms. The van der Waals surface area contributed by atoms with E-state index in [9.17, 15) is 15.0 Å². The molecular weight excluding hydrogens is 476 g/mol. The molecule has 0 aliphatic rings. The van der Waals surface area contributed by atoms with Gasteiger partial charge in [-0.1, -0.05) is 48.5 Å². The molecule has 0 aliphatic heterocycles. The van der Waals surface area contributed by atoms with E-state index in [4.69, 9.17) is 4.74 Å². The number of phenolic OH excluding ortho intramolecular Hbond substituents is 1. The largest absolute Gasteiger partial charge is 0.506 e. The predicted octanol–water partition coefficient (Wildman–Crippen LogP) is 5.16. The summed E-state index contributed by atoms with van der Waals surface area (Å²) in [6.07, 6.45) is -0.826. The molecule has 3 N–H and O–H groups in total. The molecule has 5 aromatic rings. The fraction of sp³-hybridized carbons (Fsp3) is 0.111. The lowest BCUT2D eigenvalue weighted by atomic mass is 9.98. The van der Waals surface area contributed by atoms with Crippen LogP contribution in [0.2, 0.25) is 0 Å². The molecule has 2 aromatic heterocycles. The van der Waals surface area contributed by atoms with Gasteiger partial charge in [-0.2, -0.15) is 5.21 Å². The van der Waals surface area contributed by atoms with Gasteiger partial charge in [0.2, 0.25) is 5.82 Å². The number of rotatable bonds is 8. The number of aliphatic hydroxyl groups excluding tert-OH is 1. The summed E-state index contributed by atoms with van der Waals surface area (Å²) in [5, 5.41) is 37.5. The summed E-state index contributed by atoms with van der Waals surface area (Å²) in [7, 11) is 0. The Morgan fingerprint density at radius 2 is 1.89 bits per heavy atom. The molecule has 2 heterocycles. The SMILES string of the molecule is CC(=O)c1ccc(OCc2ccc(C(O)c3cccc(-c4nn[nH]n4)c3)cc2)c(-c2cccs2)c1O. The number of ketones is 1. The second kappa shape index (κ2) is 10.1. The number of aromatic amines is 1. The number of nitrogens with one attached hydrogen (secondary N) is 1. The number of Topliss-reactive ketones (excluding diaryl/α,β-unsaturated/α-hetero) is 1. The number of hydrogen-bond donors (Lipinski definition) is 3. The van der Waals surface area contributed by atoms with Crippen molar-refractivity contribution in [2.75, 3.05) is 0 Å². The van der Waals surface area contributed by atoms with Crippen molar-refractivity contribution in [2.45, 2.75) is 19.6 Å². The van der Waals surface area contributed by atoms with Gasteiger partial charge in [-0.3, -0.25) is 4.79 Å². The van der Waals surface area contributed by atoms with Gasteiger partial charge in [-0.05, 0) is 58.5 Å². The number of aromatic nitrogens is 4. The molecule has 5 rings (SSSR count). The van der Waals surface area contributed by atoms with E-state index in [1.165, 1.54) is 18.3 Å². The molecule has 1 atom stereocenters.